The maximum Gasteiger partial charge on any atom is 0.337 e. The van der Waals surface area contributed by atoms with Crippen molar-refractivity contribution in [3.8, 4) is 0 Å². The van der Waals surface area contributed by atoms with E-state index in [1.54, 1.807) is 0 Å². The van der Waals surface area contributed by atoms with Crippen LogP contribution in [0, 0.1) is 0 Å². The van der Waals surface area contributed by atoms with E-state index in [1.165, 1.54) is 0 Å². The number of carboxylic acid groups (broad SMARTS) is 2. The topological polar surface area (TPSA) is 141 Å². The van der Waals surface area contributed by atoms with Crippen molar-refractivity contribution in [2.24, 2.45) is 0 Å². The van der Waals surface area contributed by atoms with E-state index in [9.17, 15) is 18.0 Å². The molecule has 0 bridgehead atoms. The molecule has 1 rings (SSSR count). The molecular weight excluding hydrogens is 266 g/mol. The second-order valence-corrected chi connectivity index (χ2v) is 4.73. The molecule has 18 heavy (non-hydrogen) atoms. The van der Waals surface area contributed by atoms with Crippen LogP contribution in [0.5, 0.6) is 0 Å². The number of carboxylic acids is 2. The Bertz CT molecular complexity index is 593. The van der Waals surface area contributed by atoms with E-state index in [4.69, 9.17) is 14.8 Å². The van der Waals surface area contributed by atoms with Crippen LogP contribution in [-0.4, -0.2) is 41.0 Å². The Morgan fingerprint density at radius 2 is 1.78 bits per heavy atom. The Balaban J connectivity index is 3.12. The van der Waals surface area contributed by atoms with Crippen molar-refractivity contribution in [3.63, 3.8) is 0 Å². The minimum atomic E-state index is -4.31. The summed E-state index contributed by atoms with van der Waals surface area (Å²) in [6.07, 6.45) is 0. The molecule has 0 saturated heterocycles. The van der Waals surface area contributed by atoms with Gasteiger partial charge in [-0.05, 0) is 18.2 Å². The van der Waals surface area contributed by atoms with Crippen LogP contribution < -0.4 is 5.32 Å². The average Bonchev–Trinajstić information content (AvgIpc) is 2.24. The van der Waals surface area contributed by atoms with E-state index < -0.39 is 33.5 Å². The van der Waals surface area contributed by atoms with Gasteiger partial charge >= 0.3 is 11.9 Å². The van der Waals surface area contributed by atoms with E-state index in [1.807, 2.05) is 0 Å². The molecule has 0 saturated carbocycles. The Morgan fingerprint density at radius 3 is 2.22 bits per heavy atom. The fourth-order valence-corrected chi connectivity index (χ4v) is 1.52. The summed E-state index contributed by atoms with van der Waals surface area (Å²) in [5, 5.41) is 19.7. The van der Waals surface area contributed by atoms with Crippen LogP contribution in [0.3, 0.4) is 0 Å². The third-order valence-electron chi connectivity index (χ3n) is 1.94. The third kappa shape index (κ3) is 3.71. The fourth-order valence-electron chi connectivity index (χ4n) is 1.18. The number of nitrogens with one attached hydrogen (secondary N) is 1. The summed E-state index contributed by atoms with van der Waals surface area (Å²) >= 11 is 0. The number of carbonyl (C=O) groups is 2. The van der Waals surface area contributed by atoms with E-state index >= 15 is 0 Å². The maximum atomic E-state index is 10.9. The van der Waals surface area contributed by atoms with E-state index in [2.05, 4.69) is 5.32 Å². The van der Waals surface area contributed by atoms with Gasteiger partial charge in [-0.2, -0.15) is 8.42 Å². The van der Waals surface area contributed by atoms with Crippen LogP contribution in [0.4, 0.5) is 5.69 Å². The van der Waals surface area contributed by atoms with Gasteiger partial charge in [0.05, 0.1) is 11.1 Å². The minimum absolute atomic E-state index is 0.106. The van der Waals surface area contributed by atoms with Gasteiger partial charge in [-0.15, -0.1) is 0 Å². The molecule has 0 aliphatic carbocycles. The molecule has 0 radical (unpaired) electrons. The van der Waals surface area contributed by atoms with E-state index in [0.717, 1.165) is 18.2 Å². The molecule has 1 aromatic carbocycles. The normalized spacial score (nSPS) is 10.9. The molecule has 4 N–H and O–H groups in total. The van der Waals surface area contributed by atoms with Gasteiger partial charge in [0.25, 0.3) is 10.1 Å². The van der Waals surface area contributed by atoms with Crippen LogP contribution in [0.2, 0.25) is 0 Å². The molecular formula is C9H9NO7S. The second-order valence-electron chi connectivity index (χ2n) is 3.27. The number of rotatable bonds is 5. The first kappa shape index (κ1) is 13.9. The Labute approximate surface area is 102 Å². The van der Waals surface area contributed by atoms with Gasteiger partial charge in [0, 0.05) is 5.69 Å². The zero-order valence-corrected chi connectivity index (χ0v) is 9.64. The van der Waals surface area contributed by atoms with Gasteiger partial charge in [-0.3, -0.25) is 4.55 Å². The number of benzene rings is 1. The van der Waals surface area contributed by atoms with Crippen molar-refractivity contribution < 1.29 is 32.8 Å². The molecule has 0 aromatic heterocycles. The predicted molar refractivity (Wildman–Crippen MR) is 60.4 cm³/mol. The minimum Gasteiger partial charge on any atom is -0.478 e. The monoisotopic (exact) mass is 275 g/mol. The summed E-state index contributed by atoms with van der Waals surface area (Å²) in [5.74, 6) is -3.60. The zero-order chi connectivity index (χ0) is 13.9. The molecule has 0 atom stereocenters. The number of hydrogen-bond acceptors (Lipinski definition) is 5. The maximum absolute atomic E-state index is 10.9. The van der Waals surface area contributed by atoms with Crippen LogP contribution in [0.15, 0.2) is 18.2 Å². The molecule has 0 spiro atoms. The van der Waals surface area contributed by atoms with Crippen LogP contribution in [-0.2, 0) is 10.1 Å². The lowest BCUT2D eigenvalue weighted by Crippen LogP contribution is -2.15. The molecule has 0 aliphatic rings. The van der Waals surface area contributed by atoms with E-state index in [-0.39, 0.29) is 11.3 Å². The summed E-state index contributed by atoms with van der Waals surface area (Å²) in [7, 11) is -4.31. The largest absolute Gasteiger partial charge is 0.478 e. The summed E-state index contributed by atoms with van der Waals surface area (Å²) < 4.78 is 29.5. The molecule has 0 aliphatic heterocycles. The molecule has 1 aromatic rings. The van der Waals surface area contributed by atoms with Gasteiger partial charge in [0.1, 0.15) is 5.88 Å². The first-order valence-corrected chi connectivity index (χ1v) is 6.11. The van der Waals surface area contributed by atoms with Crippen molar-refractivity contribution in [1.82, 2.24) is 0 Å². The van der Waals surface area contributed by atoms with Gasteiger partial charge < -0.3 is 15.5 Å². The molecule has 0 heterocycles. The highest BCUT2D eigenvalue weighted by Gasteiger charge is 2.15. The Hall–Kier alpha value is -2.13. The zero-order valence-electron chi connectivity index (χ0n) is 8.82. The quantitative estimate of drug-likeness (QED) is 0.564. The number of aromatic carboxylic acids is 2. The smallest absolute Gasteiger partial charge is 0.337 e. The highest BCUT2D eigenvalue weighted by atomic mass is 32.2. The van der Waals surface area contributed by atoms with Crippen LogP contribution in [0.25, 0.3) is 0 Å². The van der Waals surface area contributed by atoms with Crippen molar-refractivity contribution in [2.75, 3.05) is 11.2 Å². The van der Waals surface area contributed by atoms with Gasteiger partial charge in [0.15, 0.2) is 0 Å². The second kappa shape index (κ2) is 5.02. The summed E-state index contributed by atoms with van der Waals surface area (Å²) in [6, 6.07) is 3.11. The highest BCUT2D eigenvalue weighted by Crippen LogP contribution is 2.18. The predicted octanol–water partition coefficient (Wildman–Crippen LogP) is 0.340. The van der Waals surface area contributed by atoms with Crippen molar-refractivity contribution >= 4 is 27.7 Å². The van der Waals surface area contributed by atoms with Gasteiger partial charge in [-0.1, -0.05) is 0 Å². The molecule has 0 unspecified atom stereocenters. The van der Waals surface area contributed by atoms with Crippen molar-refractivity contribution in [2.45, 2.75) is 0 Å². The number of anilines is 1. The van der Waals surface area contributed by atoms with Crippen LogP contribution in [0.1, 0.15) is 20.7 Å². The average molecular weight is 275 g/mol. The lowest BCUT2D eigenvalue weighted by atomic mass is 10.1. The lowest BCUT2D eigenvalue weighted by molar-refractivity contribution is 0.0696. The van der Waals surface area contributed by atoms with Gasteiger partial charge in [-0.25, -0.2) is 9.59 Å². The molecule has 9 heteroatoms. The van der Waals surface area contributed by atoms with Crippen molar-refractivity contribution in [1.29, 1.82) is 0 Å². The first-order valence-electron chi connectivity index (χ1n) is 4.50. The summed E-state index contributed by atoms with van der Waals surface area (Å²) in [4.78, 5) is 21.5. The lowest BCUT2D eigenvalue weighted by Gasteiger charge is -2.08. The van der Waals surface area contributed by atoms with Crippen LogP contribution >= 0.6 is 0 Å². The third-order valence-corrected chi connectivity index (χ3v) is 2.45. The van der Waals surface area contributed by atoms with Gasteiger partial charge in [0.2, 0.25) is 0 Å². The molecule has 0 amide bonds. The number of hydrogen-bond donors (Lipinski definition) is 4. The summed E-state index contributed by atoms with van der Waals surface area (Å²) in [6.45, 7) is 0. The summed E-state index contributed by atoms with van der Waals surface area (Å²) in [5.41, 5.74) is -0.756. The molecule has 8 nitrogen and oxygen atoms in total. The molecule has 0 fully saturated rings. The van der Waals surface area contributed by atoms with E-state index in [0.29, 0.717) is 0 Å². The standard InChI is InChI=1S/C9H9NO7S/c11-8(12)5-1-2-7(6(3-5)9(13)14)10-4-18(15,16)17/h1-3,10H,4H2,(H,11,12)(H,13,14)(H,15,16,17). The SMILES string of the molecule is O=C(O)c1ccc(NCS(=O)(=O)O)c(C(=O)O)c1. The Morgan fingerprint density at radius 1 is 1.17 bits per heavy atom. The first-order chi connectivity index (χ1) is 8.20. The van der Waals surface area contributed by atoms with Crippen molar-refractivity contribution in [3.05, 3.63) is 29.3 Å². The Kier molecular flexibility index (Phi) is 3.89. The molecule has 98 valence electrons. The fraction of sp³-hybridized carbons (Fsp3) is 0.111. The highest BCUT2D eigenvalue weighted by molar-refractivity contribution is 7.85.